The molecule has 1 unspecified atom stereocenters. The van der Waals surface area contributed by atoms with Crippen molar-refractivity contribution in [1.29, 1.82) is 0 Å². The average Bonchev–Trinajstić information content (AvgIpc) is 2.98. The maximum absolute atomic E-state index is 11.1. The Morgan fingerprint density at radius 2 is 1.95 bits per heavy atom. The molecular weight excluding hydrogens is 284 g/mol. The SMILES string of the molecule is COC(O)c1ccc(-c2nc3ccc(O)c(C=O)c3[nH]2)cc1. The second-order valence-electron chi connectivity index (χ2n) is 4.81. The maximum atomic E-state index is 11.1. The number of ether oxygens (including phenoxy) is 1. The van der Waals surface area contributed by atoms with Crippen LogP contribution < -0.4 is 0 Å². The van der Waals surface area contributed by atoms with Crippen LogP contribution in [0.25, 0.3) is 22.4 Å². The third-order valence-electron chi connectivity index (χ3n) is 3.49. The van der Waals surface area contributed by atoms with Gasteiger partial charge in [-0.25, -0.2) is 4.98 Å². The van der Waals surface area contributed by atoms with E-state index < -0.39 is 6.29 Å². The lowest BCUT2D eigenvalue weighted by molar-refractivity contribution is -0.0769. The van der Waals surface area contributed by atoms with E-state index in [9.17, 15) is 15.0 Å². The van der Waals surface area contributed by atoms with Gasteiger partial charge < -0.3 is 19.9 Å². The van der Waals surface area contributed by atoms with Crippen LogP contribution in [-0.2, 0) is 4.74 Å². The Bertz CT molecular complexity index is 824. The molecule has 0 aliphatic heterocycles. The fourth-order valence-corrected chi connectivity index (χ4v) is 2.29. The Balaban J connectivity index is 2.05. The minimum atomic E-state index is -0.969. The predicted molar refractivity (Wildman–Crippen MR) is 80.6 cm³/mol. The smallest absolute Gasteiger partial charge is 0.180 e. The fourth-order valence-electron chi connectivity index (χ4n) is 2.29. The van der Waals surface area contributed by atoms with E-state index >= 15 is 0 Å². The monoisotopic (exact) mass is 298 g/mol. The summed E-state index contributed by atoms with van der Waals surface area (Å²) >= 11 is 0. The molecule has 0 spiro atoms. The second kappa shape index (κ2) is 5.59. The van der Waals surface area contributed by atoms with Crippen LogP contribution in [0.2, 0.25) is 0 Å². The summed E-state index contributed by atoms with van der Waals surface area (Å²) in [5, 5.41) is 19.3. The highest BCUT2D eigenvalue weighted by molar-refractivity contribution is 5.98. The van der Waals surface area contributed by atoms with Gasteiger partial charge in [-0.1, -0.05) is 24.3 Å². The molecule has 0 saturated carbocycles. The van der Waals surface area contributed by atoms with Crippen LogP contribution >= 0.6 is 0 Å². The van der Waals surface area contributed by atoms with Gasteiger partial charge in [0.05, 0.1) is 16.6 Å². The van der Waals surface area contributed by atoms with Crippen LogP contribution in [0, 0.1) is 0 Å². The number of rotatable bonds is 4. The van der Waals surface area contributed by atoms with E-state index in [0.717, 1.165) is 5.56 Å². The third-order valence-corrected chi connectivity index (χ3v) is 3.49. The summed E-state index contributed by atoms with van der Waals surface area (Å²) in [7, 11) is 1.42. The van der Waals surface area contributed by atoms with E-state index in [4.69, 9.17) is 4.74 Å². The lowest BCUT2D eigenvalue weighted by Gasteiger charge is -2.08. The van der Waals surface area contributed by atoms with Crippen LogP contribution in [0.15, 0.2) is 36.4 Å². The quantitative estimate of drug-likeness (QED) is 0.508. The number of nitrogens with one attached hydrogen (secondary N) is 1. The largest absolute Gasteiger partial charge is 0.507 e. The highest BCUT2D eigenvalue weighted by atomic mass is 16.6. The predicted octanol–water partition coefficient (Wildman–Crippen LogP) is 2.39. The number of aliphatic hydroxyl groups excluding tert-OH is 1. The number of carbonyl (C=O) groups excluding carboxylic acids is 1. The molecule has 2 aromatic carbocycles. The van der Waals surface area contributed by atoms with Crippen molar-refractivity contribution < 1.29 is 19.7 Å². The molecule has 0 aliphatic carbocycles. The average molecular weight is 298 g/mol. The van der Waals surface area contributed by atoms with Crippen molar-refractivity contribution in [2.45, 2.75) is 6.29 Å². The zero-order valence-corrected chi connectivity index (χ0v) is 11.8. The highest BCUT2D eigenvalue weighted by Gasteiger charge is 2.12. The number of aromatic hydroxyl groups is 1. The summed E-state index contributed by atoms with van der Waals surface area (Å²) in [5.41, 5.74) is 2.69. The highest BCUT2D eigenvalue weighted by Crippen LogP contribution is 2.27. The summed E-state index contributed by atoms with van der Waals surface area (Å²) in [6, 6.07) is 10.1. The van der Waals surface area contributed by atoms with Gasteiger partial charge in [0.25, 0.3) is 0 Å². The van der Waals surface area contributed by atoms with E-state index in [1.165, 1.54) is 13.2 Å². The molecule has 0 radical (unpaired) electrons. The number of methoxy groups -OCH3 is 1. The van der Waals surface area contributed by atoms with Crippen LogP contribution in [0.4, 0.5) is 0 Å². The number of aliphatic hydroxyl groups is 1. The topological polar surface area (TPSA) is 95.4 Å². The van der Waals surface area contributed by atoms with E-state index in [2.05, 4.69) is 9.97 Å². The van der Waals surface area contributed by atoms with Gasteiger partial charge in [0, 0.05) is 18.2 Å². The Morgan fingerprint density at radius 1 is 1.23 bits per heavy atom. The van der Waals surface area contributed by atoms with Crippen LogP contribution in [0.3, 0.4) is 0 Å². The summed E-state index contributed by atoms with van der Waals surface area (Å²) in [4.78, 5) is 18.5. The van der Waals surface area contributed by atoms with Crippen molar-refractivity contribution in [2.75, 3.05) is 7.11 Å². The van der Waals surface area contributed by atoms with E-state index in [1.54, 1.807) is 30.3 Å². The first-order valence-electron chi connectivity index (χ1n) is 6.62. The molecule has 0 fully saturated rings. The molecule has 6 nitrogen and oxygen atoms in total. The number of fused-ring (bicyclic) bond motifs is 1. The number of benzene rings is 2. The Hall–Kier alpha value is -2.70. The molecule has 1 aromatic heterocycles. The molecule has 6 heteroatoms. The molecule has 112 valence electrons. The molecule has 0 aliphatic rings. The number of H-pyrrole nitrogens is 1. The molecule has 0 bridgehead atoms. The van der Waals surface area contributed by atoms with Crippen molar-refractivity contribution in [3.63, 3.8) is 0 Å². The fraction of sp³-hybridized carbons (Fsp3) is 0.125. The molecule has 3 aromatic rings. The van der Waals surface area contributed by atoms with Crippen molar-refractivity contribution in [3.8, 4) is 17.1 Å². The maximum Gasteiger partial charge on any atom is 0.180 e. The lowest BCUT2D eigenvalue weighted by Crippen LogP contribution is -1.98. The zero-order valence-electron chi connectivity index (χ0n) is 11.8. The first-order valence-corrected chi connectivity index (χ1v) is 6.62. The Kier molecular flexibility index (Phi) is 3.62. The lowest BCUT2D eigenvalue weighted by atomic mass is 10.1. The molecule has 0 amide bonds. The third kappa shape index (κ3) is 2.34. The standard InChI is InChI=1S/C16H14N2O4/c1-22-16(21)10-4-2-9(3-5-10)15-17-12-6-7-13(20)11(8-19)14(12)18-15/h2-8,16,20-21H,1H3,(H,17,18). The van der Waals surface area contributed by atoms with Gasteiger partial charge in [0.2, 0.25) is 0 Å². The van der Waals surface area contributed by atoms with Gasteiger partial charge in [-0.3, -0.25) is 4.79 Å². The van der Waals surface area contributed by atoms with E-state index in [-0.39, 0.29) is 11.3 Å². The summed E-state index contributed by atoms with van der Waals surface area (Å²) in [5.74, 6) is 0.485. The number of carbonyl (C=O) groups is 1. The van der Waals surface area contributed by atoms with Gasteiger partial charge in [0.15, 0.2) is 12.6 Å². The molecular formula is C16H14N2O4. The van der Waals surface area contributed by atoms with Crippen LogP contribution in [0.1, 0.15) is 22.2 Å². The van der Waals surface area contributed by atoms with Gasteiger partial charge in [-0.15, -0.1) is 0 Å². The zero-order chi connectivity index (χ0) is 15.7. The minimum Gasteiger partial charge on any atom is -0.507 e. The molecule has 3 N–H and O–H groups in total. The number of hydrogen-bond donors (Lipinski definition) is 3. The Morgan fingerprint density at radius 3 is 2.59 bits per heavy atom. The normalized spacial score (nSPS) is 12.5. The number of imidazole rings is 1. The molecule has 3 rings (SSSR count). The summed E-state index contributed by atoms with van der Waals surface area (Å²) < 4.78 is 4.84. The van der Waals surface area contributed by atoms with Gasteiger partial charge >= 0.3 is 0 Å². The molecule has 0 saturated heterocycles. The van der Waals surface area contributed by atoms with Crippen molar-refractivity contribution in [1.82, 2.24) is 9.97 Å². The molecule has 1 atom stereocenters. The number of aromatic nitrogens is 2. The molecule has 1 heterocycles. The van der Waals surface area contributed by atoms with Crippen molar-refractivity contribution in [3.05, 3.63) is 47.5 Å². The van der Waals surface area contributed by atoms with Crippen LogP contribution in [0.5, 0.6) is 5.75 Å². The first kappa shape index (κ1) is 14.2. The number of hydrogen-bond acceptors (Lipinski definition) is 5. The number of aldehydes is 1. The summed E-state index contributed by atoms with van der Waals surface area (Å²) in [6.45, 7) is 0. The number of nitrogens with zero attached hydrogens (tertiary/aromatic N) is 1. The van der Waals surface area contributed by atoms with Crippen molar-refractivity contribution >= 4 is 17.3 Å². The van der Waals surface area contributed by atoms with Gasteiger partial charge in [0.1, 0.15) is 11.6 Å². The molecule has 22 heavy (non-hydrogen) atoms. The van der Waals surface area contributed by atoms with Gasteiger partial charge in [-0.05, 0) is 12.1 Å². The van der Waals surface area contributed by atoms with E-state index in [0.29, 0.717) is 28.7 Å². The summed E-state index contributed by atoms with van der Waals surface area (Å²) in [6.07, 6.45) is -0.374. The number of aromatic amines is 1. The van der Waals surface area contributed by atoms with Crippen molar-refractivity contribution in [2.24, 2.45) is 0 Å². The Labute approximate surface area is 126 Å². The van der Waals surface area contributed by atoms with E-state index in [1.807, 2.05) is 0 Å². The second-order valence-corrected chi connectivity index (χ2v) is 4.81. The van der Waals surface area contributed by atoms with Crippen LogP contribution in [-0.4, -0.2) is 33.6 Å². The van der Waals surface area contributed by atoms with Gasteiger partial charge in [-0.2, -0.15) is 0 Å². The number of phenolic OH excluding ortho intramolecular Hbond substituents is 1. The number of phenols is 1. The first-order chi connectivity index (χ1) is 10.6. The minimum absolute atomic E-state index is 0.0868.